The van der Waals surface area contributed by atoms with E-state index in [1.165, 1.54) is 5.56 Å². The Labute approximate surface area is 139 Å². The molecule has 0 radical (unpaired) electrons. The first-order chi connectivity index (χ1) is 11.0. The molecule has 2 aromatic carbocycles. The highest BCUT2D eigenvalue weighted by Gasteiger charge is 2.20. The maximum atomic E-state index is 12.0. The molecule has 0 aliphatic rings. The van der Waals surface area contributed by atoms with Crippen molar-refractivity contribution in [3.8, 4) is 5.75 Å². The van der Waals surface area contributed by atoms with Gasteiger partial charge in [0, 0.05) is 22.8 Å². The number of ether oxygens (including phenoxy) is 1. The van der Waals surface area contributed by atoms with Crippen molar-refractivity contribution in [2.45, 2.75) is 16.7 Å². The van der Waals surface area contributed by atoms with Crippen LogP contribution in [0.15, 0.2) is 52.3 Å². The molecular formula is C18H18N2O2S. The quantitative estimate of drug-likeness (QED) is 0.794. The number of hydrogen-bond acceptors (Lipinski definition) is 3. The van der Waals surface area contributed by atoms with Crippen molar-refractivity contribution in [1.29, 1.82) is 0 Å². The molecule has 0 aliphatic heterocycles. The molecule has 1 amide bonds. The van der Waals surface area contributed by atoms with E-state index in [2.05, 4.69) is 12.1 Å². The summed E-state index contributed by atoms with van der Waals surface area (Å²) in [6, 6.07) is 14.0. The van der Waals surface area contributed by atoms with Crippen molar-refractivity contribution < 1.29 is 9.53 Å². The van der Waals surface area contributed by atoms with Gasteiger partial charge in [0.05, 0.1) is 12.0 Å². The minimum Gasteiger partial charge on any atom is -0.497 e. The van der Waals surface area contributed by atoms with Gasteiger partial charge < -0.3 is 15.0 Å². The van der Waals surface area contributed by atoms with Gasteiger partial charge in [-0.15, -0.1) is 0 Å². The van der Waals surface area contributed by atoms with Gasteiger partial charge in [-0.05, 0) is 37.3 Å². The third-order valence-corrected chi connectivity index (χ3v) is 4.96. The van der Waals surface area contributed by atoms with Crippen molar-refractivity contribution in [2.24, 2.45) is 12.8 Å². The Morgan fingerprint density at radius 2 is 1.87 bits per heavy atom. The molecule has 0 saturated heterocycles. The molecule has 0 spiro atoms. The summed E-state index contributed by atoms with van der Waals surface area (Å²) in [4.78, 5) is 13.9. The van der Waals surface area contributed by atoms with E-state index >= 15 is 0 Å². The molecule has 4 nitrogen and oxygen atoms in total. The lowest BCUT2D eigenvalue weighted by atomic mass is 10.2. The minimum atomic E-state index is -0.433. The normalized spacial score (nSPS) is 10.9. The summed E-state index contributed by atoms with van der Waals surface area (Å²) < 4.78 is 7.16. The Morgan fingerprint density at radius 3 is 2.48 bits per heavy atom. The maximum absolute atomic E-state index is 12.0. The van der Waals surface area contributed by atoms with E-state index in [-0.39, 0.29) is 0 Å². The Bertz CT molecular complexity index is 882. The van der Waals surface area contributed by atoms with Crippen LogP contribution in [0.1, 0.15) is 16.1 Å². The number of methoxy groups -OCH3 is 1. The van der Waals surface area contributed by atoms with Gasteiger partial charge in [-0.2, -0.15) is 0 Å². The lowest BCUT2D eigenvalue weighted by Gasteiger charge is -2.05. The fourth-order valence-corrected chi connectivity index (χ4v) is 3.74. The van der Waals surface area contributed by atoms with E-state index in [0.29, 0.717) is 5.69 Å². The summed E-state index contributed by atoms with van der Waals surface area (Å²) in [6.45, 7) is 2.05. The molecule has 0 unspecified atom stereocenters. The molecule has 0 saturated carbocycles. The van der Waals surface area contributed by atoms with Crippen LogP contribution >= 0.6 is 11.8 Å². The summed E-state index contributed by atoms with van der Waals surface area (Å²) in [5, 5.41) is 0.964. The molecule has 118 valence electrons. The number of aromatic nitrogens is 1. The Balaban J connectivity index is 2.21. The van der Waals surface area contributed by atoms with Crippen molar-refractivity contribution in [2.75, 3.05) is 7.11 Å². The molecule has 0 bridgehead atoms. The summed E-state index contributed by atoms with van der Waals surface area (Å²) in [6.07, 6.45) is 0. The molecule has 2 N–H and O–H groups in total. The zero-order valence-electron chi connectivity index (χ0n) is 13.3. The number of aryl methyl sites for hydroxylation is 2. The van der Waals surface area contributed by atoms with E-state index in [4.69, 9.17) is 10.5 Å². The average Bonchev–Trinajstić information content (AvgIpc) is 2.81. The third kappa shape index (κ3) is 2.80. The van der Waals surface area contributed by atoms with Crippen LogP contribution in [0.5, 0.6) is 5.75 Å². The Hall–Kier alpha value is -2.40. The lowest BCUT2D eigenvalue weighted by Crippen LogP contribution is -2.16. The number of fused-ring (bicyclic) bond motifs is 1. The van der Waals surface area contributed by atoms with Crippen LogP contribution in [0.2, 0.25) is 0 Å². The molecule has 3 rings (SSSR count). The molecule has 23 heavy (non-hydrogen) atoms. The van der Waals surface area contributed by atoms with Crippen LogP contribution in [0.25, 0.3) is 10.9 Å². The summed E-state index contributed by atoms with van der Waals surface area (Å²) >= 11 is 1.54. The van der Waals surface area contributed by atoms with Gasteiger partial charge in [0.25, 0.3) is 5.91 Å². The first-order valence-electron chi connectivity index (χ1n) is 7.22. The predicted molar refractivity (Wildman–Crippen MR) is 93.3 cm³/mol. The van der Waals surface area contributed by atoms with Gasteiger partial charge in [0.15, 0.2) is 0 Å². The van der Waals surface area contributed by atoms with Gasteiger partial charge in [0.2, 0.25) is 0 Å². The second-order valence-corrected chi connectivity index (χ2v) is 6.48. The first-order valence-corrected chi connectivity index (χ1v) is 8.03. The van der Waals surface area contributed by atoms with E-state index in [0.717, 1.165) is 26.4 Å². The molecular weight excluding hydrogens is 308 g/mol. The van der Waals surface area contributed by atoms with Gasteiger partial charge >= 0.3 is 0 Å². The van der Waals surface area contributed by atoms with Crippen molar-refractivity contribution >= 4 is 28.6 Å². The number of primary amides is 1. The summed E-state index contributed by atoms with van der Waals surface area (Å²) in [5.74, 6) is 0.321. The zero-order chi connectivity index (χ0) is 16.6. The van der Waals surface area contributed by atoms with Crippen molar-refractivity contribution in [3.05, 3.63) is 53.7 Å². The van der Waals surface area contributed by atoms with E-state index in [9.17, 15) is 4.79 Å². The van der Waals surface area contributed by atoms with Crippen LogP contribution in [0, 0.1) is 6.92 Å². The number of nitrogens with two attached hydrogens (primary N) is 1. The zero-order valence-corrected chi connectivity index (χ0v) is 14.1. The molecule has 1 aromatic heterocycles. The SMILES string of the molecule is COc1ccc2c(c1)c(Sc1ccc(C)cc1)c(C(N)=O)n2C. The molecule has 5 heteroatoms. The monoisotopic (exact) mass is 326 g/mol. The largest absolute Gasteiger partial charge is 0.497 e. The van der Waals surface area contributed by atoms with Gasteiger partial charge in [0.1, 0.15) is 11.4 Å². The first kappa shape index (κ1) is 15.5. The minimum absolute atomic E-state index is 0.433. The van der Waals surface area contributed by atoms with Crippen LogP contribution in [-0.2, 0) is 7.05 Å². The smallest absolute Gasteiger partial charge is 0.266 e. The Kier molecular flexibility index (Phi) is 4.05. The number of benzene rings is 2. The van der Waals surface area contributed by atoms with Crippen molar-refractivity contribution in [1.82, 2.24) is 4.57 Å². The fraction of sp³-hybridized carbons (Fsp3) is 0.167. The summed E-state index contributed by atoms with van der Waals surface area (Å²) in [7, 11) is 3.49. The highest BCUT2D eigenvalue weighted by molar-refractivity contribution is 7.99. The Morgan fingerprint density at radius 1 is 1.17 bits per heavy atom. The second kappa shape index (κ2) is 6.01. The molecule has 3 aromatic rings. The number of amides is 1. The predicted octanol–water partition coefficient (Wildman–Crippen LogP) is 3.75. The molecule has 0 atom stereocenters. The van der Waals surface area contributed by atoms with Crippen molar-refractivity contribution in [3.63, 3.8) is 0 Å². The fourth-order valence-electron chi connectivity index (χ4n) is 2.62. The number of rotatable bonds is 4. The molecule has 1 heterocycles. The number of carbonyl (C=O) groups excluding carboxylic acids is 1. The molecule has 0 fully saturated rings. The highest BCUT2D eigenvalue weighted by atomic mass is 32.2. The topological polar surface area (TPSA) is 57.2 Å². The van der Waals surface area contributed by atoms with E-state index < -0.39 is 5.91 Å². The van der Waals surface area contributed by atoms with Gasteiger partial charge in [-0.25, -0.2) is 0 Å². The van der Waals surface area contributed by atoms with E-state index in [1.54, 1.807) is 18.9 Å². The van der Waals surface area contributed by atoms with Crippen LogP contribution in [-0.4, -0.2) is 17.6 Å². The molecule has 0 aliphatic carbocycles. The lowest BCUT2D eigenvalue weighted by molar-refractivity contribution is 0.0990. The second-order valence-electron chi connectivity index (χ2n) is 5.40. The van der Waals surface area contributed by atoms with Crippen LogP contribution in [0.4, 0.5) is 0 Å². The van der Waals surface area contributed by atoms with Gasteiger partial charge in [-0.3, -0.25) is 4.79 Å². The van der Waals surface area contributed by atoms with E-state index in [1.807, 2.05) is 48.9 Å². The van der Waals surface area contributed by atoms with Gasteiger partial charge in [-0.1, -0.05) is 29.5 Å². The van der Waals surface area contributed by atoms with Crippen LogP contribution < -0.4 is 10.5 Å². The number of hydrogen-bond donors (Lipinski definition) is 1. The third-order valence-electron chi connectivity index (χ3n) is 3.83. The average molecular weight is 326 g/mol. The standard InChI is InChI=1S/C18H18N2O2S/c1-11-4-7-13(8-5-11)23-17-14-10-12(22-3)6-9-15(14)20(2)16(17)18(19)21/h4-10H,1-3H3,(H2,19,21). The van der Waals surface area contributed by atoms with Crippen LogP contribution in [0.3, 0.4) is 0 Å². The number of nitrogens with zero attached hydrogens (tertiary/aromatic N) is 1. The number of carbonyl (C=O) groups is 1. The highest BCUT2D eigenvalue weighted by Crippen LogP contribution is 2.39. The maximum Gasteiger partial charge on any atom is 0.266 e. The summed E-state index contributed by atoms with van der Waals surface area (Å²) in [5.41, 5.74) is 8.29.